The summed E-state index contributed by atoms with van der Waals surface area (Å²) in [7, 11) is -0.930. The van der Waals surface area contributed by atoms with Gasteiger partial charge in [-0.2, -0.15) is 0 Å². The Hall–Kier alpha value is -0.290. The lowest BCUT2D eigenvalue weighted by Crippen LogP contribution is -1.75. The Morgan fingerprint density at radius 3 is 2.67 bits per heavy atom. The molecular formula is C7H12OS. The van der Waals surface area contributed by atoms with Crippen LogP contribution in [0.4, 0.5) is 0 Å². The molecule has 0 spiro atoms. The molecule has 0 saturated heterocycles. The van der Waals surface area contributed by atoms with E-state index >= 15 is 0 Å². The fourth-order valence-electron chi connectivity index (χ4n) is 0.418. The third-order valence-corrected chi connectivity index (χ3v) is 1.30. The van der Waals surface area contributed by atoms with Crippen LogP contribution in [0.2, 0.25) is 0 Å². The molecule has 9 heavy (non-hydrogen) atoms. The van der Waals surface area contributed by atoms with Crippen molar-refractivity contribution in [3.05, 3.63) is 0 Å². The monoisotopic (exact) mass is 144 g/mol. The second-order valence-corrected chi connectivity index (χ2v) is 2.95. The van der Waals surface area contributed by atoms with E-state index < -0.39 is 10.8 Å². The first-order valence-electron chi connectivity index (χ1n) is 3.09. The molecule has 52 valence electrons. The van der Waals surface area contributed by atoms with Gasteiger partial charge < -0.3 is 0 Å². The minimum absolute atomic E-state index is 0.885. The fraction of sp³-hybridized carbons (Fsp3) is 0.714. The molecule has 0 fully saturated rings. The van der Waals surface area contributed by atoms with Crippen LogP contribution < -0.4 is 0 Å². The van der Waals surface area contributed by atoms with Crippen molar-refractivity contribution in [2.75, 3.05) is 6.26 Å². The van der Waals surface area contributed by atoms with E-state index in [1.54, 1.807) is 6.26 Å². The summed E-state index contributed by atoms with van der Waals surface area (Å²) in [5, 5.41) is 2.60. The Kier molecular flexibility index (Phi) is 5.65. The third kappa shape index (κ3) is 7.71. The smallest absolute Gasteiger partial charge is 0.0943 e. The Labute approximate surface area is 59.3 Å². The molecule has 0 aromatic rings. The topological polar surface area (TPSA) is 17.1 Å². The molecule has 0 aromatic heterocycles. The summed E-state index contributed by atoms with van der Waals surface area (Å²) >= 11 is 0. The van der Waals surface area contributed by atoms with Crippen LogP contribution in [0.3, 0.4) is 0 Å². The first kappa shape index (κ1) is 8.71. The average molecular weight is 144 g/mol. The molecular weight excluding hydrogens is 132 g/mol. The van der Waals surface area contributed by atoms with Gasteiger partial charge in [0, 0.05) is 12.7 Å². The van der Waals surface area contributed by atoms with Gasteiger partial charge in [0.15, 0.2) is 0 Å². The zero-order valence-electron chi connectivity index (χ0n) is 5.94. The van der Waals surface area contributed by atoms with Gasteiger partial charge in [-0.25, -0.2) is 4.21 Å². The van der Waals surface area contributed by atoms with E-state index in [1.165, 1.54) is 0 Å². The maximum absolute atomic E-state index is 10.3. The van der Waals surface area contributed by atoms with Gasteiger partial charge in [-0.05, 0) is 11.7 Å². The lowest BCUT2D eigenvalue weighted by atomic mass is 10.3. The molecule has 0 N–H and O–H groups in total. The molecule has 0 bridgehead atoms. The van der Waals surface area contributed by atoms with Crippen LogP contribution in [-0.4, -0.2) is 10.5 Å². The van der Waals surface area contributed by atoms with Crippen LogP contribution in [0.25, 0.3) is 0 Å². The van der Waals surface area contributed by atoms with E-state index in [0.717, 1.165) is 19.3 Å². The molecule has 0 aromatic carbocycles. The van der Waals surface area contributed by atoms with Gasteiger partial charge in [0.05, 0.1) is 10.8 Å². The molecule has 0 aliphatic carbocycles. The van der Waals surface area contributed by atoms with Gasteiger partial charge in [0.1, 0.15) is 0 Å². The van der Waals surface area contributed by atoms with Crippen molar-refractivity contribution >= 4 is 10.8 Å². The number of hydrogen-bond acceptors (Lipinski definition) is 1. The van der Waals surface area contributed by atoms with E-state index in [2.05, 4.69) is 18.1 Å². The Morgan fingerprint density at radius 2 is 2.22 bits per heavy atom. The molecule has 2 heteroatoms. The Morgan fingerprint density at radius 1 is 1.56 bits per heavy atom. The summed E-state index contributed by atoms with van der Waals surface area (Å²) < 4.78 is 10.3. The number of unbranched alkanes of at least 4 members (excludes halogenated alkanes) is 2. The van der Waals surface area contributed by atoms with Crippen LogP contribution in [0.1, 0.15) is 26.2 Å². The zero-order valence-corrected chi connectivity index (χ0v) is 6.75. The lowest BCUT2D eigenvalue weighted by molar-refractivity contribution is 0.692. The van der Waals surface area contributed by atoms with Gasteiger partial charge in [0.2, 0.25) is 0 Å². The second kappa shape index (κ2) is 5.84. The van der Waals surface area contributed by atoms with Crippen LogP contribution in [0, 0.1) is 11.2 Å². The highest BCUT2D eigenvalue weighted by Crippen LogP contribution is 1.90. The fourth-order valence-corrected chi connectivity index (χ4v) is 0.723. The predicted octanol–water partition coefficient (Wildman–Crippen LogP) is 1.52. The van der Waals surface area contributed by atoms with Gasteiger partial charge >= 0.3 is 0 Å². The first-order chi connectivity index (χ1) is 4.27. The van der Waals surface area contributed by atoms with Crippen molar-refractivity contribution in [1.82, 2.24) is 0 Å². The summed E-state index contributed by atoms with van der Waals surface area (Å²) in [4.78, 5) is 0. The molecule has 1 nitrogen and oxygen atoms in total. The van der Waals surface area contributed by atoms with E-state index in [-0.39, 0.29) is 0 Å². The van der Waals surface area contributed by atoms with Crippen molar-refractivity contribution in [2.45, 2.75) is 26.2 Å². The van der Waals surface area contributed by atoms with E-state index in [9.17, 15) is 4.21 Å². The van der Waals surface area contributed by atoms with Crippen molar-refractivity contribution in [1.29, 1.82) is 0 Å². The Bertz CT molecular complexity index is 141. The number of rotatable bonds is 2. The summed E-state index contributed by atoms with van der Waals surface area (Å²) in [6.45, 7) is 2.12. The van der Waals surface area contributed by atoms with Crippen molar-refractivity contribution in [2.24, 2.45) is 0 Å². The predicted molar refractivity (Wildman–Crippen MR) is 41.4 cm³/mol. The Balaban J connectivity index is 3.27. The van der Waals surface area contributed by atoms with Gasteiger partial charge in [-0.1, -0.05) is 19.3 Å². The van der Waals surface area contributed by atoms with Crippen molar-refractivity contribution in [3.63, 3.8) is 0 Å². The maximum Gasteiger partial charge on any atom is 0.0943 e. The van der Waals surface area contributed by atoms with Crippen molar-refractivity contribution < 1.29 is 4.21 Å². The highest BCUT2D eigenvalue weighted by molar-refractivity contribution is 7.89. The van der Waals surface area contributed by atoms with Crippen LogP contribution in [0.5, 0.6) is 0 Å². The maximum atomic E-state index is 10.3. The normalized spacial score (nSPS) is 11.8. The summed E-state index contributed by atoms with van der Waals surface area (Å²) in [6.07, 6.45) is 4.75. The highest BCUT2D eigenvalue weighted by atomic mass is 32.2. The standard InChI is InChI=1S/C7H12OS/c1-3-4-5-6-7-9(2)8/h3-5H2,1-2H3. The largest absolute Gasteiger partial charge is 0.246 e. The van der Waals surface area contributed by atoms with Crippen LogP contribution >= 0.6 is 0 Å². The molecule has 1 unspecified atom stereocenters. The molecule has 0 aliphatic heterocycles. The number of hydrogen-bond donors (Lipinski definition) is 0. The molecule has 0 saturated carbocycles. The van der Waals surface area contributed by atoms with E-state index in [0.29, 0.717) is 0 Å². The molecule has 0 aliphatic rings. The summed E-state index contributed by atoms with van der Waals surface area (Å²) in [5.41, 5.74) is 0. The third-order valence-electron chi connectivity index (χ3n) is 0.871. The molecule has 0 heterocycles. The van der Waals surface area contributed by atoms with Gasteiger partial charge in [-0.3, -0.25) is 0 Å². The summed E-state index contributed by atoms with van der Waals surface area (Å²) in [5.74, 6) is 2.84. The first-order valence-corrected chi connectivity index (χ1v) is 4.65. The second-order valence-electron chi connectivity index (χ2n) is 1.84. The molecule has 0 rings (SSSR count). The van der Waals surface area contributed by atoms with Crippen LogP contribution in [-0.2, 0) is 10.8 Å². The molecule has 0 amide bonds. The molecule has 1 atom stereocenters. The summed E-state index contributed by atoms with van der Waals surface area (Å²) in [6, 6.07) is 0. The molecule has 0 radical (unpaired) electrons. The van der Waals surface area contributed by atoms with Gasteiger partial charge in [0.25, 0.3) is 0 Å². The van der Waals surface area contributed by atoms with Crippen LogP contribution in [0.15, 0.2) is 0 Å². The van der Waals surface area contributed by atoms with E-state index in [1.807, 2.05) is 0 Å². The minimum Gasteiger partial charge on any atom is -0.246 e. The SMILES string of the molecule is CCCCC#CS(C)=O. The van der Waals surface area contributed by atoms with Crippen molar-refractivity contribution in [3.8, 4) is 11.2 Å². The minimum atomic E-state index is -0.930. The quantitative estimate of drug-likeness (QED) is 0.424. The highest BCUT2D eigenvalue weighted by Gasteiger charge is 1.77. The zero-order chi connectivity index (χ0) is 7.11. The van der Waals surface area contributed by atoms with E-state index in [4.69, 9.17) is 0 Å². The average Bonchev–Trinajstić information content (AvgIpc) is 1.80. The van der Waals surface area contributed by atoms with Gasteiger partial charge in [-0.15, -0.1) is 0 Å². The lowest BCUT2D eigenvalue weighted by Gasteiger charge is -1.81.